The van der Waals surface area contributed by atoms with Crippen LogP contribution in [0.3, 0.4) is 0 Å². The molecule has 2 rings (SSSR count). The molecule has 6 N–H and O–H groups in total. The summed E-state index contributed by atoms with van der Waals surface area (Å²) in [5, 5.41) is 50.1. The van der Waals surface area contributed by atoms with Crippen LogP contribution in [-0.2, 0) is 23.8 Å². The second kappa shape index (κ2) is 12.3. The lowest BCUT2D eigenvalue weighted by molar-refractivity contribution is -0.311. The molecule has 2 aliphatic rings. The predicted octanol–water partition coefficient (Wildman–Crippen LogP) is -0.176. The number of aliphatic carboxylic acids is 2. The van der Waals surface area contributed by atoms with Gasteiger partial charge in [-0.2, -0.15) is 0 Å². The lowest BCUT2D eigenvalue weighted by Crippen LogP contribution is -2.58. The first-order valence-electron chi connectivity index (χ1n) is 10.9. The third-order valence-corrected chi connectivity index (χ3v) is 5.80. The van der Waals surface area contributed by atoms with Gasteiger partial charge in [0.2, 0.25) is 0 Å². The van der Waals surface area contributed by atoms with Crippen molar-refractivity contribution in [3.8, 4) is 0 Å². The van der Waals surface area contributed by atoms with Gasteiger partial charge in [0.05, 0.1) is 12.2 Å². The Bertz CT molecular complexity index is 631. The minimum Gasteiger partial charge on any atom is -0.481 e. The summed E-state index contributed by atoms with van der Waals surface area (Å²) in [6.07, 6.45) is -4.47. The zero-order chi connectivity index (χ0) is 23.8. The molecule has 7 unspecified atom stereocenters. The molecule has 12 nitrogen and oxygen atoms in total. The molecule has 0 aromatic heterocycles. The average molecular weight is 463 g/mol. The first kappa shape index (κ1) is 26.3. The van der Waals surface area contributed by atoms with Crippen molar-refractivity contribution in [2.45, 2.75) is 94.8 Å². The topological polar surface area (TPSA) is 192 Å². The predicted molar refractivity (Wildman–Crippen MR) is 107 cm³/mol. The number of carboxylic acids is 2. The van der Waals surface area contributed by atoms with E-state index in [1.807, 2.05) is 0 Å². The van der Waals surface area contributed by atoms with Crippen LogP contribution in [0.4, 0.5) is 4.79 Å². The van der Waals surface area contributed by atoms with Gasteiger partial charge >= 0.3 is 18.0 Å². The molecule has 7 atom stereocenters. The molecule has 0 bridgehead atoms. The Morgan fingerprint density at radius 3 is 2.22 bits per heavy atom. The monoisotopic (exact) mass is 463 g/mol. The molecule has 1 heterocycles. The highest BCUT2D eigenvalue weighted by atomic mass is 16.7. The summed E-state index contributed by atoms with van der Waals surface area (Å²) in [5.74, 6) is -4.25. The Labute approximate surface area is 185 Å². The van der Waals surface area contributed by atoms with Crippen LogP contribution < -0.4 is 5.32 Å². The van der Waals surface area contributed by atoms with Crippen LogP contribution in [0.5, 0.6) is 0 Å². The van der Waals surface area contributed by atoms with Crippen molar-refractivity contribution < 1.29 is 54.1 Å². The Balaban J connectivity index is 1.77. The van der Waals surface area contributed by atoms with Crippen LogP contribution in [-0.4, -0.2) is 93.0 Å². The highest BCUT2D eigenvalue weighted by Gasteiger charge is 2.44. The van der Waals surface area contributed by atoms with Crippen molar-refractivity contribution in [2.24, 2.45) is 5.92 Å². The Kier molecular flexibility index (Phi) is 10.1. The van der Waals surface area contributed by atoms with E-state index in [-0.39, 0.29) is 13.0 Å². The fourth-order valence-electron chi connectivity index (χ4n) is 3.85. The van der Waals surface area contributed by atoms with Crippen molar-refractivity contribution in [2.75, 3.05) is 6.54 Å². The fourth-order valence-corrected chi connectivity index (χ4v) is 3.85. The number of carboxylic acid groups (broad SMARTS) is 2. The maximum Gasteiger partial charge on any atom is 0.407 e. The fraction of sp³-hybridized carbons (Fsp3) is 0.850. The van der Waals surface area contributed by atoms with E-state index in [1.54, 1.807) is 6.92 Å². The van der Waals surface area contributed by atoms with Crippen LogP contribution in [0, 0.1) is 5.92 Å². The van der Waals surface area contributed by atoms with Gasteiger partial charge in [0.25, 0.3) is 0 Å². The van der Waals surface area contributed by atoms with E-state index in [2.05, 4.69) is 5.32 Å². The number of hydrogen-bond donors (Lipinski definition) is 6. The standard InChI is InChI=1S/C20H33NO11/c1-10-14(22)15(23)16(24)19(30-10)31-12-7-2-3-8-13(12)32-20(29)21-9-5-4-6-11(17(25)26)18(27)28/h10-16,19,22-24H,2-9H2,1H3,(H,21,29)(H,25,26)(H,27,28). The average Bonchev–Trinajstić information content (AvgIpc) is 2.73. The zero-order valence-electron chi connectivity index (χ0n) is 18.0. The van der Waals surface area contributed by atoms with Crippen LogP contribution in [0.25, 0.3) is 0 Å². The molecule has 1 aliphatic carbocycles. The van der Waals surface area contributed by atoms with Crippen molar-refractivity contribution in [1.82, 2.24) is 5.32 Å². The van der Waals surface area contributed by atoms with Crippen LogP contribution >= 0.6 is 0 Å². The number of aliphatic hydroxyl groups excluding tert-OH is 3. The van der Waals surface area contributed by atoms with E-state index in [1.165, 1.54) is 0 Å². The maximum atomic E-state index is 12.1. The third kappa shape index (κ3) is 7.27. The Hall–Kier alpha value is -1.99. The molecule has 0 radical (unpaired) electrons. The molecule has 32 heavy (non-hydrogen) atoms. The first-order chi connectivity index (χ1) is 15.1. The molecule has 1 saturated heterocycles. The number of alkyl carbamates (subject to hydrolysis) is 1. The molecule has 1 saturated carbocycles. The molecular formula is C20H33NO11. The van der Waals surface area contributed by atoms with Gasteiger partial charge in [-0.15, -0.1) is 0 Å². The number of rotatable bonds is 10. The van der Waals surface area contributed by atoms with Gasteiger partial charge in [0.1, 0.15) is 24.4 Å². The third-order valence-electron chi connectivity index (χ3n) is 5.80. The number of unbranched alkanes of at least 4 members (excludes halogenated alkanes) is 1. The van der Waals surface area contributed by atoms with Crippen LogP contribution in [0.1, 0.15) is 51.9 Å². The Morgan fingerprint density at radius 1 is 0.969 bits per heavy atom. The molecule has 184 valence electrons. The lowest BCUT2D eigenvalue weighted by atomic mass is 9.94. The van der Waals surface area contributed by atoms with E-state index in [0.717, 1.165) is 12.8 Å². The molecule has 0 aromatic carbocycles. The zero-order valence-corrected chi connectivity index (χ0v) is 18.0. The summed E-state index contributed by atoms with van der Waals surface area (Å²) >= 11 is 0. The highest BCUT2D eigenvalue weighted by Crippen LogP contribution is 2.29. The van der Waals surface area contributed by atoms with Gasteiger partial charge in [0, 0.05) is 6.54 Å². The summed E-state index contributed by atoms with van der Waals surface area (Å²) in [6, 6.07) is 0. The minimum atomic E-state index is -1.47. The Morgan fingerprint density at radius 2 is 1.59 bits per heavy atom. The largest absolute Gasteiger partial charge is 0.481 e. The smallest absolute Gasteiger partial charge is 0.407 e. The lowest BCUT2D eigenvalue weighted by Gasteiger charge is -2.42. The number of aliphatic hydroxyl groups is 3. The van der Waals surface area contributed by atoms with E-state index in [4.69, 9.17) is 24.4 Å². The summed E-state index contributed by atoms with van der Waals surface area (Å²) in [7, 11) is 0. The SMILES string of the molecule is CC1OC(OC2CCCCC2OC(=O)NCCCCC(C(=O)O)C(=O)O)C(O)C(O)C1O. The highest BCUT2D eigenvalue weighted by molar-refractivity contribution is 5.92. The van der Waals surface area contributed by atoms with Crippen molar-refractivity contribution in [3.63, 3.8) is 0 Å². The maximum absolute atomic E-state index is 12.1. The summed E-state index contributed by atoms with van der Waals surface area (Å²) in [4.78, 5) is 33.8. The first-order valence-corrected chi connectivity index (χ1v) is 10.9. The van der Waals surface area contributed by atoms with Gasteiger partial charge in [-0.1, -0.05) is 12.8 Å². The van der Waals surface area contributed by atoms with Gasteiger partial charge < -0.3 is 45.1 Å². The molecule has 0 aromatic rings. The molecule has 12 heteroatoms. The summed E-state index contributed by atoms with van der Waals surface area (Å²) in [6.45, 7) is 1.74. The molecule has 0 spiro atoms. The number of carbonyl (C=O) groups excluding carboxylic acids is 1. The molecule has 1 aliphatic heterocycles. The van der Waals surface area contributed by atoms with Crippen molar-refractivity contribution in [3.05, 3.63) is 0 Å². The van der Waals surface area contributed by atoms with E-state index >= 15 is 0 Å². The van der Waals surface area contributed by atoms with E-state index < -0.39 is 66.9 Å². The number of amides is 1. The second-order valence-corrected chi connectivity index (χ2v) is 8.24. The number of ether oxygens (including phenoxy) is 3. The van der Waals surface area contributed by atoms with Gasteiger partial charge in [-0.05, 0) is 39.0 Å². The molecular weight excluding hydrogens is 430 g/mol. The molecule has 2 fully saturated rings. The number of nitrogens with one attached hydrogen (secondary N) is 1. The van der Waals surface area contributed by atoms with Crippen molar-refractivity contribution in [1.29, 1.82) is 0 Å². The van der Waals surface area contributed by atoms with Gasteiger partial charge in [-0.3, -0.25) is 9.59 Å². The van der Waals surface area contributed by atoms with Crippen molar-refractivity contribution >= 4 is 18.0 Å². The summed E-state index contributed by atoms with van der Waals surface area (Å²) < 4.78 is 16.7. The quantitative estimate of drug-likeness (QED) is 0.186. The molecule has 1 amide bonds. The number of hydrogen-bond acceptors (Lipinski definition) is 9. The van der Waals surface area contributed by atoms with Crippen LogP contribution in [0.2, 0.25) is 0 Å². The minimum absolute atomic E-state index is 0.0391. The van der Waals surface area contributed by atoms with E-state index in [0.29, 0.717) is 25.7 Å². The number of carbonyl (C=O) groups is 3. The summed E-state index contributed by atoms with van der Waals surface area (Å²) in [5.41, 5.74) is 0. The normalized spacial score (nSPS) is 33.0. The van der Waals surface area contributed by atoms with Crippen LogP contribution in [0.15, 0.2) is 0 Å². The van der Waals surface area contributed by atoms with Gasteiger partial charge in [-0.25, -0.2) is 4.79 Å². The van der Waals surface area contributed by atoms with E-state index in [9.17, 15) is 29.7 Å². The second-order valence-electron chi connectivity index (χ2n) is 8.24. The van der Waals surface area contributed by atoms with Gasteiger partial charge in [0.15, 0.2) is 12.2 Å².